The summed E-state index contributed by atoms with van der Waals surface area (Å²) in [5.74, 6) is -1.01. The van der Waals surface area contributed by atoms with E-state index in [2.05, 4.69) is 0 Å². The summed E-state index contributed by atoms with van der Waals surface area (Å²) in [7, 11) is 0. The molecule has 0 amide bonds. The molecular formula is C15H20O4. The van der Waals surface area contributed by atoms with E-state index in [1.54, 1.807) is 31.2 Å². The molecule has 0 aromatic heterocycles. The van der Waals surface area contributed by atoms with Crippen molar-refractivity contribution in [2.24, 2.45) is 5.41 Å². The lowest BCUT2D eigenvalue weighted by Crippen LogP contribution is -2.20. The normalized spacial score (nSPS) is 10.9. The predicted molar refractivity (Wildman–Crippen MR) is 72.1 cm³/mol. The molecule has 0 bridgehead atoms. The van der Waals surface area contributed by atoms with Gasteiger partial charge < -0.3 is 9.47 Å². The number of hydrogen-bond acceptors (Lipinski definition) is 4. The summed E-state index contributed by atoms with van der Waals surface area (Å²) < 4.78 is 10.1. The third-order valence-corrected chi connectivity index (χ3v) is 2.28. The molecule has 0 saturated heterocycles. The Bertz CT molecular complexity index is 457. The van der Waals surface area contributed by atoms with Crippen molar-refractivity contribution >= 4 is 11.9 Å². The summed E-state index contributed by atoms with van der Waals surface area (Å²) in [5.41, 5.74) is 0.364. The summed E-state index contributed by atoms with van der Waals surface area (Å²) in [5, 5.41) is 0. The largest absolute Gasteiger partial charge is 0.462 e. The van der Waals surface area contributed by atoms with Crippen LogP contribution in [-0.4, -0.2) is 25.2 Å². The number of benzene rings is 1. The van der Waals surface area contributed by atoms with Gasteiger partial charge in [-0.3, -0.25) is 0 Å². The second-order valence-corrected chi connectivity index (χ2v) is 5.40. The van der Waals surface area contributed by atoms with Crippen LogP contribution in [0.3, 0.4) is 0 Å². The lowest BCUT2D eigenvalue weighted by molar-refractivity contribution is 0.0355. The van der Waals surface area contributed by atoms with E-state index in [0.29, 0.717) is 6.61 Å². The topological polar surface area (TPSA) is 52.6 Å². The predicted octanol–water partition coefficient (Wildman–Crippen LogP) is 3.07. The number of rotatable bonds is 4. The van der Waals surface area contributed by atoms with Crippen LogP contribution in [0.25, 0.3) is 0 Å². The highest BCUT2D eigenvalue weighted by Gasteiger charge is 2.20. The van der Waals surface area contributed by atoms with Crippen molar-refractivity contribution in [3.63, 3.8) is 0 Å². The average molecular weight is 264 g/mol. The zero-order valence-corrected chi connectivity index (χ0v) is 11.9. The van der Waals surface area contributed by atoms with Gasteiger partial charge in [0.1, 0.15) is 0 Å². The molecule has 0 fully saturated rings. The number of carbonyl (C=O) groups excluding carboxylic acids is 2. The van der Waals surface area contributed by atoms with Crippen LogP contribution in [0.4, 0.5) is 0 Å². The van der Waals surface area contributed by atoms with Gasteiger partial charge in [0.15, 0.2) is 0 Å². The van der Waals surface area contributed by atoms with Crippen molar-refractivity contribution in [1.82, 2.24) is 0 Å². The first kappa shape index (κ1) is 15.2. The van der Waals surface area contributed by atoms with Crippen molar-refractivity contribution in [2.75, 3.05) is 13.2 Å². The molecule has 1 aromatic carbocycles. The fourth-order valence-electron chi connectivity index (χ4n) is 1.41. The first-order chi connectivity index (χ1) is 8.85. The van der Waals surface area contributed by atoms with Gasteiger partial charge in [-0.25, -0.2) is 9.59 Å². The van der Waals surface area contributed by atoms with E-state index in [0.717, 1.165) is 0 Å². The highest BCUT2D eigenvalue weighted by molar-refractivity contribution is 6.03. The number of ether oxygens (including phenoxy) is 2. The maximum absolute atomic E-state index is 12.0. The maximum Gasteiger partial charge on any atom is 0.339 e. The molecule has 4 nitrogen and oxygen atoms in total. The molecule has 0 atom stereocenters. The molecule has 1 rings (SSSR count). The van der Waals surface area contributed by atoms with Gasteiger partial charge in [-0.15, -0.1) is 0 Å². The monoisotopic (exact) mass is 264 g/mol. The molecule has 0 spiro atoms. The van der Waals surface area contributed by atoms with Gasteiger partial charge >= 0.3 is 11.9 Å². The van der Waals surface area contributed by atoms with Crippen LogP contribution in [0.15, 0.2) is 24.3 Å². The van der Waals surface area contributed by atoms with E-state index in [4.69, 9.17) is 9.47 Å². The molecule has 0 N–H and O–H groups in total. The Kier molecular flexibility index (Phi) is 5.10. The van der Waals surface area contributed by atoms with Gasteiger partial charge in [-0.05, 0) is 24.5 Å². The lowest BCUT2D eigenvalue weighted by atomic mass is 9.98. The summed E-state index contributed by atoms with van der Waals surface area (Å²) in [4.78, 5) is 23.7. The minimum Gasteiger partial charge on any atom is -0.462 e. The summed E-state index contributed by atoms with van der Waals surface area (Å²) in [6, 6.07) is 6.51. The van der Waals surface area contributed by atoms with E-state index >= 15 is 0 Å². The summed E-state index contributed by atoms with van der Waals surface area (Å²) in [6.07, 6.45) is 0. The zero-order chi connectivity index (χ0) is 14.5. The third-order valence-electron chi connectivity index (χ3n) is 2.28. The first-order valence-corrected chi connectivity index (χ1v) is 6.28. The lowest BCUT2D eigenvalue weighted by Gasteiger charge is -2.18. The van der Waals surface area contributed by atoms with Crippen LogP contribution in [0.5, 0.6) is 0 Å². The quantitative estimate of drug-likeness (QED) is 0.784. The standard InChI is InChI=1S/C15H20O4/c1-5-18-13(16)11-8-6-7-9-12(11)14(17)19-10-15(2,3)4/h6-9H,5,10H2,1-4H3. The smallest absolute Gasteiger partial charge is 0.339 e. The molecule has 0 saturated carbocycles. The van der Waals surface area contributed by atoms with E-state index in [1.165, 1.54) is 0 Å². The molecule has 0 radical (unpaired) electrons. The van der Waals surface area contributed by atoms with Crippen LogP contribution in [0.2, 0.25) is 0 Å². The average Bonchev–Trinajstić information content (AvgIpc) is 2.35. The van der Waals surface area contributed by atoms with E-state index in [-0.39, 0.29) is 23.1 Å². The number of carbonyl (C=O) groups is 2. The van der Waals surface area contributed by atoms with Crippen molar-refractivity contribution in [1.29, 1.82) is 0 Å². The molecule has 0 unspecified atom stereocenters. The second-order valence-electron chi connectivity index (χ2n) is 5.40. The molecule has 1 aromatic rings. The van der Waals surface area contributed by atoms with Gasteiger partial charge in [-0.2, -0.15) is 0 Å². The molecule has 0 aliphatic heterocycles. The highest BCUT2D eigenvalue weighted by Crippen LogP contribution is 2.16. The van der Waals surface area contributed by atoms with Crippen molar-refractivity contribution < 1.29 is 19.1 Å². The van der Waals surface area contributed by atoms with Crippen molar-refractivity contribution in [3.8, 4) is 0 Å². The molecule has 104 valence electrons. The fraction of sp³-hybridized carbons (Fsp3) is 0.467. The Morgan fingerprint density at radius 3 is 1.89 bits per heavy atom. The Labute approximate surface area is 113 Å². The molecule has 0 aliphatic rings. The Morgan fingerprint density at radius 1 is 1.00 bits per heavy atom. The molecule has 0 aliphatic carbocycles. The SMILES string of the molecule is CCOC(=O)c1ccccc1C(=O)OCC(C)(C)C. The van der Waals surface area contributed by atoms with Gasteiger partial charge in [0, 0.05) is 0 Å². The van der Waals surface area contributed by atoms with Crippen LogP contribution in [0, 0.1) is 5.41 Å². The van der Waals surface area contributed by atoms with E-state index in [9.17, 15) is 9.59 Å². The zero-order valence-electron chi connectivity index (χ0n) is 11.9. The first-order valence-electron chi connectivity index (χ1n) is 6.28. The minimum absolute atomic E-state index is 0.117. The highest BCUT2D eigenvalue weighted by atomic mass is 16.5. The van der Waals surface area contributed by atoms with Crippen LogP contribution in [0.1, 0.15) is 48.4 Å². The van der Waals surface area contributed by atoms with Gasteiger partial charge in [-0.1, -0.05) is 32.9 Å². The molecule has 0 heterocycles. The Hall–Kier alpha value is -1.84. The van der Waals surface area contributed by atoms with Crippen LogP contribution < -0.4 is 0 Å². The van der Waals surface area contributed by atoms with Gasteiger partial charge in [0.2, 0.25) is 0 Å². The minimum atomic E-state index is -0.509. The van der Waals surface area contributed by atoms with Crippen molar-refractivity contribution in [3.05, 3.63) is 35.4 Å². The Morgan fingerprint density at radius 2 is 1.47 bits per heavy atom. The van der Waals surface area contributed by atoms with E-state index < -0.39 is 11.9 Å². The van der Waals surface area contributed by atoms with Crippen molar-refractivity contribution in [2.45, 2.75) is 27.7 Å². The Balaban J connectivity index is 2.88. The molecule has 4 heteroatoms. The van der Waals surface area contributed by atoms with Crippen LogP contribution >= 0.6 is 0 Å². The fourth-order valence-corrected chi connectivity index (χ4v) is 1.41. The summed E-state index contributed by atoms with van der Waals surface area (Å²) in [6.45, 7) is 8.19. The third kappa shape index (κ3) is 4.73. The maximum atomic E-state index is 12.0. The second kappa shape index (κ2) is 6.36. The molecule has 19 heavy (non-hydrogen) atoms. The van der Waals surface area contributed by atoms with Gasteiger partial charge in [0.05, 0.1) is 24.3 Å². The van der Waals surface area contributed by atoms with Crippen LogP contribution in [-0.2, 0) is 9.47 Å². The number of hydrogen-bond donors (Lipinski definition) is 0. The number of esters is 2. The van der Waals surface area contributed by atoms with E-state index in [1.807, 2.05) is 20.8 Å². The molecular weight excluding hydrogens is 244 g/mol. The van der Waals surface area contributed by atoms with Gasteiger partial charge in [0.25, 0.3) is 0 Å². The summed E-state index contributed by atoms with van der Waals surface area (Å²) >= 11 is 0.